The number of aromatic nitrogens is 3. The molecule has 1 aromatic carbocycles. The summed E-state index contributed by atoms with van der Waals surface area (Å²) in [6.07, 6.45) is 1.92. The first-order chi connectivity index (χ1) is 14.3. The van der Waals surface area contributed by atoms with E-state index in [0.29, 0.717) is 13.2 Å². The minimum atomic E-state index is 0.274. The van der Waals surface area contributed by atoms with Crippen LogP contribution < -0.4 is 10.6 Å². The highest BCUT2D eigenvalue weighted by Crippen LogP contribution is 2.26. The maximum atomic E-state index is 5.16. The molecule has 2 aromatic rings. The Kier molecular flexibility index (Phi) is 7.13. The molecule has 0 saturated heterocycles. The number of methoxy groups -OCH3 is 1. The van der Waals surface area contributed by atoms with Crippen molar-refractivity contribution in [1.29, 1.82) is 0 Å². The number of rotatable bonds is 6. The third-order valence-corrected chi connectivity index (χ3v) is 6.41. The molecule has 0 amide bonds. The van der Waals surface area contributed by atoms with Gasteiger partial charge in [0.15, 0.2) is 11.8 Å². The molecule has 30 heavy (non-hydrogen) atoms. The number of hydrogen-bond donors (Lipinski definition) is 2. The zero-order valence-corrected chi connectivity index (χ0v) is 19.5. The Hall–Kier alpha value is -2.41. The Morgan fingerprint density at radius 1 is 1.10 bits per heavy atom. The SMILES string of the molecule is CCNC(=NCc1c(C)c(C)c(C)c(C)c1C)NC1CCc2nc(COC)nn2C1. The van der Waals surface area contributed by atoms with Gasteiger partial charge in [-0.25, -0.2) is 14.7 Å². The zero-order chi connectivity index (χ0) is 21.8. The molecule has 0 saturated carbocycles. The third-order valence-electron chi connectivity index (χ3n) is 6.41. The molecule has 1 aromatic heterocycles. The van der Waals surface area contributed by atoms with Crippen molar-refractivity contribution in [3.05, 3.63) is 45.0 Å². The summed E-state index contributed by atoms with van der Waals surface area (Å²) >= 11 is 0. The second-order valence-corrected chi connectivity index (χ2v) is 8.24. The van der Waals surface area contributed by atoms with Gasteiger partial charge in [0.2, 0.25) is 0 Å². The Balaban J connectivity index is 1.74. The van der Waals surface area contributed by atoms with E-state index in [1.54, 1.807) is 7.11 Å². The summed E-state index contributed by atoms with van der Waals surface area (Å²) in [5, 5.41) is 11.6. The lowest BCUT2D eigenvalue weighted by Crippen LogP contribution is -2.47. The fourth-order valence-electron chi connectivity index (χ4n) is 4.16. The van der Waals surface area contributed by atoms with Gasteiger partial charge in [-0.05, 0) is 81.3 Å². The van der Waals surface area contributed by atoms with E-state index >= 15 is 0 Å². The molecule has 1 aliphatic heterocycles. The predicted molar refractivity (Wildman–Crippen MR) is 121 cm³/mol. The van der Waals surface area contributed by atoms with Crippen molar-refractivity contribution in [2.45, 2.75) is 80.1 Å². The first kappa shape index (κ1) is 22.3. The van der Waals surface area contributed by atoms with Gasteiger partial charge in [-0.1, -0.05) is 0 Å². The Morgan fingerprint density at radius 2 is 1.77 bits per heavy atom. The van der Waals surface area contributed by atoms with E-state index in [1.165, 1.54) is 33.4 Å². The minimum absolute atomic E-state index is 0.274. The highest BCUT2D eigenvalue weighted by Gasteiger charge is 2.22. The predicted octanol–water partition coefficient (Wildman–Crippen LogP) is 3.04. The van der Waals surface area contributed by atoms with E-state index in [9.17, 15) is 0 Å². The molecular formula is C23H36N6O. The maximum absolute atomic E-state index is 5.16. The van der Waals surface area contributed by atoms with E-state index < -0.39 is 0 Å². The van der Waals surface area contributed by atoms with Crippen molar-refractivity contribution in [3.8, 4) is 0 Å². The van der Waals surface area contributed by atoms with Gasteiger partial charge >= 0.3 is 0 Å². The van der Waals surface area contributed by atoms with Gasteiger partial charge in [0.05, 0.1) is 13.1 Å². The summed E-state index contributed by atoms with van der Waals surface area (Å²) in [4.78, 5) is 9.49. The van der Waals surface area contributed by atoms with Gasteiger partial charge in [0.1, 0.15) is 12.4 Å². The van der Waals surface area contributed by atoms with Crippen molar-refractivity contribution >= 4 is 5.96 Å². The van der Waals surface area contributed by atoms with Crippen molar-refractivity contribution in [3.63, 3.8) is 0 Å². The van der Waals surface area contributed by atoms with Crippen LogP contribution in [0.2, 0.25) is 0 Å². The molecule has 0 bridgehead atoms. The van der Waals surface area contributed by atoms with Crippen LogP contribution >= 0.6 is 0 Å². The number of guanidine groups is 1. The van der Waals surface area contributed by atoms with E-state index in [4.69, 9.17) is 9.73 Å². The Bertz CT molecular complexity index is 901. The summed E-state index contributed by atoms with van der Waals surface area (Å²) in [6, 6.07) is 0.274. The number of aryl methyl sites for hydroxylation is 1. The van der Waals surface area contributed by atoms with Gasteiger partial charge in [-0.3, -0.25) is 0 Å². The average molecular weight is 413 g/mol. The number of fused-ring (bicyclic) bond motifs is 1. The zero-order valence-electron chi connectivity index (χ0n) is 19.5. The van der Waals surface area contributed by atoms with Crippen LogP contribution in [0.1, 0.15) is 58.4 Å². The fourth-order valence-corrected chi connectivity index (χ4v) is 4.16. The second kappa shape index (κ2) is 9.60. The van der Waals surface area contributed by atoms with E-state index in [0.717, 1.165) is 43.5 Å². The molecule has 1 unspecified atom stereocenters. The Morgan fingerprint density at radius 3 is 2.40 bits per heavy atom. The quantitative estimate of drug-likeness (QED) is 0.563. The summed E-state index contributed by atoms with van der Waals surface area (Å²) in [5.74, 6) is 2.65. The van der Waals surface area contributed by atoms with Crippen LogP contribution in [-0.4, -0.2) is 40.4 Å². The molecule has 164 valence electrons. The lowest BCUT2D eigenvalue weighted by molar-refractivity contribution is 0.177. The lowest BCUT2D eigenvalue weighted by Gasteiger charge is -2.25. The summed E-state index contributed by atoms with van der Waals surface area (Å²) in [5.41, 5.74) is 8.18. The highest BCUT2D eigenvalue weighted by molar-refractivity contribution is 5.80. The molecule has 1 aliphatic rings. The maximum Gasteiger partial charge on any atom is 0.191 e. The molecule has 2 N–H and O–H groups in total. The highest BCUT2D eigenvalue weighted by atomic mass is 16.5. The van der Waals surface area contributed by atoms with Crippen LogP contribution in [0.4, 0.5) is 0 Å². The van der Waals surface area contributed by atoms with Gasteiger partial charge in [-0.15, -0.1) is 0 Å². The second-order valence-electron chi connectivity index (χ2n) is 8.24. The topological polar surface area (TPSA) is 76.4 Å². The number of ether oxygens (including phenoxy) is 1. The lowest BCUT2D eigenvalue weighted by atomic mass is 9.90. The average Bonchev–Trinajstić information content (AvgIpc) is 3.13. The van der Waals surface area contributed by atoms with Crippen LogP contribution in [0.5, 0.6) is 0 Å². The molecule has 0 radical (unpaired) electrons. The standard InChI is InChI=1S/C23H36N6O/c1-8-24-23(25-11-20-17(5)15(3)14(2)16(4)18(20)6)26-19-9-10-22-27-21(13-30-7)28-29(22)12-19/h19H,8-13H2,1-7H3,(H2,24,25,26). The molecule has 0 fully saturated rings. The first-order valence-corrected chi connectivity index (χ1v) is 10.9. The van der Waals surface area contributed by atoms with Crippen LogP contribution in [0.15, 0.2) is 4.99 Å². The normalized spacial score (nSPS) is 16.5. The largest absolute Gasteiger partial charge is 0.377 e. The third kappa shape index (κ3) is 4.67. The van der Waals surface area contributed by atoms with Gasteiger partial charge < -0.3 is 15.4 Å². The molecule has 7 heteroatoms. The molecule has 1 atom stereocenters. The first-order valence-electron chi connectivity index (χ1n) is 10.9. The Labute approximate surface area is 180 Å². The van der Waals surface area contributed by atoms with Crippen molar-refractivity contribution < 1.29 is 4.74 Å². The van der Waals surface area contributed by atoms with Crippen LogP contribution in [0.3, 0.4) is 0 Å². The molecule has 2 heterocycles. The van der Waals surface area contributed by atoms with Gasteiger partial charge in [0.25, 0.3) is 0 Å². The smallest absolute Gasteiger partial charge is 0.191 e. The van der Waals surface area contributed by atoms with Crippen molar-refractivity contribution in [2.24, 2.45) is 4.99 Å². The molecule has 7 nitrogen and oxygen atoms in total. The van der Waals surface area contributed by atoms with Gasteiger partial charge in [-0.2, -0.15) is 5.10 Å². The summed E-state index contributed by atoms with van der Waals surface area (Å²) in [6.45, 7) is 15.9. The van der Waals surface area contributed by atoms with E-state index in [-0.39, 0.29) is 6.04 Å². The molecular weight excluding hydrogens is 376 g/mol. The molecule has 3 rings (SSSR count). The number of hydrogen-bond acceptors (Lipinski definition) is 4. The number of benzene rings is 1. The molecule has 0 spiro atoms. The van der Waals surface area contributed by atoms with Gasteiger partial charge in [0, 0.05) is 26.1 Å². The number of aliphatic imine (C=N–C) groups is 1. The minimum Gasteiger partial charge on any atom is -0.377 e. The van der Waals surface area contributed by atoms with E-state index in [1.807, 2.05) is 4.68 Å². The van der Waals surface area contributed by atoms with Crippen LogP contribution in [0, 0.1) is 34.6 Å². The monoisotopic (exact) mass is 412 g/mol. The summed E-state index contributed by atoms with van der Waals surface area (Å²) < 4.78 is 7.16. The number of nitrogens with one attached hydrogen (secondary N) is 2. The fraction of sp³-hybridized carbons (Fsp3) is 0.609. The number of nitrogens with zero attached hydrogens (tertiary/aromatic N) is 4. The summed E-state index contributed by atoms with van der Waals surface area (Å²) in [7, 11) is 1.67. The van der Waals surface area contributed by atoms with Crippen molar-refractivity contribution in [2.75, 3.05) is 13.7 Å². The van der Waals surface area contributed by atoms with Crippen LogP contribution in [0.25, 0.3) is 0 Å². The van der Waals surface area contributed by atoms with E-state index in [2.05, 4.69) is 62.3 Å². The van der Waals surface area contributed by atoms with Crippen LogP contribution in [-0.2, 0) is 30.9 Å². The van der Waals surface area contributed by atoms with Crippen molar-refractivity contribution in [1.82, 2.24) is 25.4 Å². The molecule has 0 aliphatic carbocycles.